The molecule has 0 atom stereocenters. The molecule has 0 saturated carbocycles. The lowest BCUT2D eigenvalue weighted by atomic mass is 9.92. The van der Waals surface area contributed by atoms with Crippen LogP contribution in [0, 0.1) is 0 Å². The lowest BCUT2D eigenvalue weighted by Gasteiger charge is -2.30. The topological polar surface area (TPSA) is 79.6 Å². The van der Waals surface area contributed by atoms with Crippen LogP contribution in [0.4, 0.5) is 5.69 Å². The Balaban J connectivity index is 1.92. The first-order valence-electron chi connectivity index (χ1n) is 8.47. The number of nitrogens with two attached hydrogens (primary N) is 1. The smallest absolute Gasteiger partial charge is 0.221 e. The van der Waals surface area contributed by atoms with Gasteiger partial charge in [-0.3, -0.25) is 4.79 Å². The van der Waals surface area contributed by atoms with E-state index < -0.39 is 0 Å². The third-order valence-corrected chi connectivity index (χ3v) is 4.43. The molecule has 6 heteroatoms. The summed E-state index contributed by atoms with van der Waals surface area (Å²) in [5, 5.41) is 6.99. The number of amides is 1. The van der Waals surface area contributed by atoms with Crippen LogP contribution in [-0.4, -0.2) is 51.1 Å². The summed E-state index contributed by atoms with van der Waals surface area (Å²) in [5.41, 5.74) is 11.1. The molecule has 6 nitrogen and oxygen atoms in total. The fourth-order valence-electron chi connectivity index (χ4n) is 3.21. The molecular formula is C18H26N4O2. The van der Waals surface area contributed by atoms with Gasteiger partial charge < -0.3 is 26.0 Å². The van der Waals surface area contributed by atoms with Gasteiger partial charge >= 0.3 is 0 Å². The average Bonchev–Trinajstić information content (AvgIpc) is 2.54. The average molecular weight is 330 g/mol. The minimum absolute atomic E-state index is 0.188. The Kier molecular flexibility index (Phi) is 4.94. The Morgan fingerprint density at radius 2 is 2.17 bits per heavy atom. The highest BCUT2D eigenvalue weighted by Crippen LogP contribution is 2.37. The SMILES string of the molecule is CN(C)CCOc1cc2c(cc1CC(N)=O)C1=C(CCCN1)CN2. The molecule has 1 aromatic carbocycles. The normalized spacial score (nSPS) is 16.1. The summed E-state index contributed by atoms with van der Waals surface area (Å²) < 4.78 is 5.93. The number of fused-ring (bicyclic) bond motifs is 2. The largest absolute Gasteiger partial charge is 0.492 e. The Hall–Kier alpha value is -2.21. The molecule has 0 unspecified atom stereocenters. The highest BCUT2D eigenvalue weighted by Gasteiger charge is 2.23. The van der Waals surface area contributed by atoms with Crippen LogP contribution in [0.25, 0.3) is 5.70 Å². The number of nitrogens with zero attached hydrogens (tertiary/aromatic N) is 1. The zero-order chi connectivity index (χ0) is 17.1. The van der Waals surface area contributed by atoms with Crippen molar-refractivity contribution in [2.75, 3.05) is 45.7 Å². The molecule has 0 bridgehead atoms. The van der Waals surface area contributed by atoms with E-state index in [0.717, 1.165) is 55.0 Å². The van der Waals surface area contributed by atoms with Gasteiger partial charge in [-0.05, 0) is 38.6 Å². The molecule has 2 aliphatic rings. The first kappa shape index (κ1) is 16.6. The lowest BCUT2D eigenvalue weighted by molar-refractivity contribution is -0.117. The van der Waals surface area contributed by atoms with Gasteiger partial charge in [0.2, 0.25) is 5.91 Å². The third kappa shape index (κ3) is 3.64. The maximum Gasteiger partial charge on any atom is 0.221 e. The van der Waals surface area contributed by atoms with Crippen molar-refractivity contribution >= 4 is 17.3 Å². The van der Waals surface area contributed by atoms with Gasteiger partial charge in [-0.2, -0.15) is 0 Å². The maximum absolute atomic E-state index is 11.5. The molecule has 130 valence electrons. The standard InChI is InChI=1S/C18H26N4O2/c1-22(2)6-7-24-16-10-15-14(8-13(16)9-17(19)23)18-12(11-21-15)4-3-5-20-18/h8,10,20-21H,3-7,9,11H2,1-2H3,(H2,19,23). The van der Waals surface area contributed by atoms with Gasteiger partial charge in [-0.15, -0.1) is 0 Å². The summed E-state index contributed by atoms with van der Waals surface area (Å²) >= 11 is 0. The van der Waals surface area contributed by atoms with Crippen LogP contribution in [-0.2, 0) is 11.2 Å². The molecule has 0 aromatic heterocycles. The molecule has 2 heterocycles. The van der Waals surface area contributed by atoms with Crippen molar-refractivity contribution in [2.45, 2.75) is 19.3 Å². The van der Waals surface area contributed by atoms with Crippen molar-refractivity contribution in [1.82, 2.24) is 10.2 Å². The van der Waals surface area contributed by atoms with Crippen LogP contribution in [0.15, 0.2) is 17.7 Å². The van der Waals surface area contributed by atoms with Crippen LogP contribution in [0.1, 0.15) is 24.0 Å². The summed E-state index contributed by atoms with van der Waals surface area (Å²) in [6.07, 6.45) is 2.46. The number of nitrogens with one attached hydrogen (secondary N) is 2. The highest BCUT2D eigenvalue weighted by molar-refractivity contribution is 5.84. The molecule has 1 amide bonds. The van der Waals surface area contributed by atoms with Gasteiger partial charge in [-0.1, -0.05) is 0 Å². The molecule has 2 aliphatic heterocycles. The third-order valence-electron chi connectivity index (χ3n) is 4.43. The Bertz CT molecular complexity index is 667. The maximum atomic E-state index is 11.5. The van der Waals surface area contributed by atoms with Crippen molar-refractivity contribution in [3.8, 4) is 5.75 Å². The quantitative estimate of drug-likeness (QED) is 0.730. The van der Waals surface area contributed by atoms with E-state index in [1.54, 1.807) is 0 Å². The van der Waals surface area contributed by atoms with Crippen molar-refractivity contribution in [3.63, 3.8) is 0 Å². The molecule has 1 aromatic rings. The van der Waals surface area contributed by atoms with E-state index in [4.69, 9.17) is 10.5 Å². The van der Waals surface area contributed by atoms with Gasteiger partial charge in [-0.25, -0.2) is 0 Å². The Morgan fingerprint density at radius 3 is 2.92 bits per heavy atom. The second kappa shape index (κ2) is 7.13. The summed E-state index contributed by atoms with van der Waals surface area (Å²) in [6.45, 7) is 3.24. The number of ether oxygens (including phenoxy) is 1. The van der Waals surface area contributed by atoms with Crippen LogP contribution < -0.4 is 21.1 Å². The number of rotatable bonds is 6. The summed E-state index contributed by atoms with van der Waals surface area (Å²) in [7, 11) is 4.01. The Labute approximate surface area is 143 Å². The van der Waals surface area contributed by atoms with Gasteiger partial charge in [0.15, 0.2) is 0 Å². The van der Waals surface area contributed by atoms with E-state index in [-0.39, 0.29) is 12.3 Å². The lowest BCUT2D eigenvalue weighted by Crippen LogP contribution is -2.28. The monoisotopic (exact) mass is 330 g/mol. The first-order valence-corrected chi connectivity index (χ1v) is 8.47. The zero-order valence-corrected chi connectivity index (χ0v) is 14.4. The van der Waals surface area contributed by atoms with Gasteiger partial charge in [0.25, 0.3) is 0 Å². The van der Waals surface area contributed by atoms with Crippen molar-refractivity contribution in [3.05, 3.63) is 28.8 Å². The number of benzene rings is 1. The summed E-state index contributed by atoms with van der Waals surface area (Å²) in [4.78, 5) is 13.5. The molecule has 0 fully saturated rings. The van der Waals surface area contributed by atoms with Crippen molar-refractivity contribution < 1.29 is 9.53 Å². The number of primary amides is 1. The van der Waals surface area contributed by atoms with Crippen molar-refractivity contribution in [1.29, 1.82) is 0 Å². The number of anilines is 1. The highest BCUT2D eigenvalue weighted by atomic mass is 16.5. The minimum Gasteiger partial charge on any atom is -0.492 e. The first-order chi connectivity index (χ1) is 11.5. The molecule has 24 heavy (non-hydrogen) atoms. The van der Waals surface area contributed by atoms with E-state index in [9.17, 15) is 4.79 Å². The molecule has 0 aliphatic carbocycles. The van der Waals surface area contributed by atoms with Crippen LogP contribution in [0.5, 0.6) is 5.75 Å². The van der Waals surface area contributed by atoms with Crippen LogP contribution in [0.2, 0.25) is 0 Å². The zero-order valence-electron chi connectivity index (χ0n) is 14.4. The van der Waals surface area contributed by atoms with E-state index in [2.05, 4.69) is 15.5 Å². The number of likely N-dealkylation sites (N-methyl/N-ethyl adjacent to an activating group) is 1. The van der Waals surface area contributed by atoms with E-state index in [0.29, 0.717) is 6.61 Å². The van der Waals surface area contributed by atoms with Crippen LogP contribution >= 0.6 is 0 Å². The second-order valence-electron chi connectivity index (χ2n) is 6.66. The molecule has 0 spiro atoms. The molecule has 0 radical (unpaired) electrons. The van der Waals surface area contributed by atoms with Crippen molar-refractivity contribution in [2.24, 2.45) is 5.73 Å². The number of hydrogen-bond acceptors (Lipinski definition) is 5. The minimum atomic E-state index is -0.345. The van der Waals surface area contributed by atoms with E-state index >= 15 is 0 Å². The van der Waals surface area contributed by atoms with E-state index in [1.807, 2.05) is 26.2 Å². The van der Waals surface area contributed by atoms with Gasteiger partial charge in [0.05, 0.1) is 6.42 Å². The fourth-order valence-corrected chi connectivity index (χ4v) is 3.21. The summed E-state index contributed by atoms with van der Waals surface area (Å²) in [5.74, 6) is 0.392. The number of carbonyl (C=O) groups excluding carboxylic acids is 1. The predicted octanol–water partition coefficient (Wildman–Crippen LogP) is 1.17. The molecule has 0 saturated heterocycles. The summed E-state index contributed by atoms with van der Waals surface area (Å²) in [6, 6.07) is 4.05. The second-order valence-corrected chi connectivity index (χ2v) is 6.66. The molecular weight excluding hydrogens is 304 g/mol. The van der Waals surface area contributed by atoms with Gasteiger partial charge in [0, 0.05) is 48.2 Å². The van der Waals surface area contributed by atoms with Gasteiger partial charge in [0.1, 0.15) is 12.4 Å². The predicted molar refractivity (Wildman–Crippen MR) is 96.0 cm³/mol. The van der Waals surface area contributed by atoms with Crippen LogP contribution in [0.3, 0.4) is 0 Å². The number of hydrogen-bond donors (Lipinski definition) is 3. The Morgan fingerprint density at radius 1 is 1.33 bits per heavy atom. The molecule has 4 N–H and O–H groups in total. The number of carbonyl (C=O) groups is 1. The molecule has 3 rings (SSSR count). The fraction of sp³-hybridized carbons (Fsp3) is 0.500. The van der Waals surface area contributed by atoms with E-state index in [1.165, 1.54) is 11.3 Å².